The molecule has 0 atom stereocenters. The Hall–Kier alpha value is -1.21. The Morgan fingerprint density at radius 1 is 1.80 bits per heavy atom. The van der Waals surface area contributed by atoms with Crippen molar-refractivity contribution in [1.82, 2.24) is 10.3 Å². The number of hydrazine groups is 1. The molecule has 0 aromatic rings. The van der Waals surface area contributed by atoms with E-state index in [-0.39, 0.29) is 5.28 Å². The Balaban J connectivity index is 3.71. The monoisotopic (exact) mass is 148 g/mol. The first-order chi connectivity index (χ1) is 4.57. The van der Waals surface area contributed by atoms with Crippen LogP contribution >= 0.6 is 0 Å². The maximum Gasteiger partial charge on any atom is 0.319 e. The number of aliphatic carboxylic acids is 1. The molecule has 10 heavy (non-hydrogen) atoms. The lowest BCUT2D eigenvalue weighted by atomic mass is 10.6. The van der Waals surface area contributed by atoms with Crippen LogP contribution in [0.5, 0.6) is 0 Å². The van der Waals surface area contributed by atoms with Crippen LogP contribution in [0.3, 0.4) is 0 Å². The molecule has 0 aliphatic rings. The zero-order valence-corrected chi connectivity index (χ0v) is 5.22. The molecule has 0 heterocycles. The third-order valence-corrected chi connectivity index (χ3v) is 0.726. The normalized spacial score (nSPS) is 9.50. The highest BCUT2D eigenvalue weighted by Crippen LogP contribution is 1.90. The molecule has 0 aliphatic carbocycles. The zero-order chi connectivity index (χ0) is 8.15. The molecule has 7 nitrogen and oxygen atoms in total. The summed E-state index contributed by atoms with van der Waals surface area (Å²) in [6.45, 7) is -0.546. The molecule has 0 bridgehead atoms. The molecule has 0 fully saturated rings. The van der Waals surface area contributed by atoms with Gasteiger partial charge in [-0.25, -0.2) is 5.01 Å². The molecule has 0 aliphatic heterocycles. The van der Waals surface area contributed by atoms with E-state index in [0.717, 1.165) is 7.05 Å². The summed E-state index contributed by atoms with van der Waals surface area (Å²) in [6, 6.07) is 0. The van der Waals surface area contributed by atoms with Gasteiger partial charge in [0.05, 0.1) is 5.29 Å². The van der Waals surface area contributed by atoms with Crippen molar-refractivity contribution in [2.45, 2.75) is 0 Å². The van der Waals surface area contributed by atoms with E-state index < -0.39 is 12.5 Å². The molecule has 0 aromatic heterocycles. The number of likely N-dealkylation sites (N-methyl/N-ethyl adjacent to an activating group) is 1. The molecule has 0 aromatic carbocycles. The van der Waals surface area contributed by atoms with Gasteiger partial charge < -0.3 is 10.3 Å². The lowest BCUT2D eigenvalue weighted by Gasteiger charge is -2.28. The summed E-state index contributed by atoms with van der Waals surface area (Å²) >= 11 is 0. The van der Waals surface area contributed by atoms with Crippen LogP contribution < -0.4 is 0 Å². The maximum atomic E-state index is 10.1. The highest BCUT2D eigenvalue weighted by atomic mass is 16.6. The van der Waals surface area contributed by atoms with Gasteiger partial charge in [0.15, 0.2) is 0 Å². The number of hydrogen-bond acceptors (Lipinski definition) is 5. The van der Waals surface area contributed by atoms with Crippen LogP contribution in [0, 0.1) is 10.1 Å². The highest BCUT2D eigenvalue weighted by molar-refractivity contribution is 5.68. The Morgan fingerprint density at radius 3 is 2.60 bits per heavy atom. The van der Waals surface area contributed by atoms with Crippen molar-refractivity contribution in [3.8, 4) is 0 Å². The standard InChI is InChI=1S/C3H6N3O4/c1-5(2-3(7)8)6(10)4-9/h2H2,1H3,(H,7,8)/q-1. The summed E-state index contributed by atoms with van der Waals surface area (Å²) in [6.07, 6.45) is 0. The van der Waals surface area contributed by atoms with E-state index in [4.69, 9.17) is 5.11 Å². The first-order valence-corrected chi connectivity index (χ1v) is 2.31. The van der Waals surface area contributed by atoms with Crippen molar-refractivity contribution < 1.29 is 9.90 Å². The number of carboxylic acids is 1. The summed E-state index contributed by atoms with van der Waals surface area (Å²) in [5, 5.41) is 20.4. The van der Waals surface area contributed by atoms with Gasteiger partial charge in [-0.2, -0.15) is 0 Å². The number of hydrogen-bond donors (Lipinski definition) is 1. The topological polar surface area (TPSA) is 96.3 Å². The van der Waals surface area contributed by atoms with Gasteiger partial charge in [-0.1, -0.05) is 0 Å². The van der Waals surface area contributed by atoms with Crippen LogP contribution in [-0.4, -0.2) is 35.0 Å². The Morgan fingerprint density at radius 2 is 2.30 bits per heavy atom. The van der Waals surface area contributed by atoms with Gasteiger partial charge in [0, 0.05) is 7.05 Å². The number of rotatable bonds is 4. The third-order valence-electron chi connectivity index (χ3n) is 0.726. The zero-order valence-electron chi connectivity index (χ0n) is 5.22. The van der Waals surface area contributed by atoms with Crippen molar-refractivity contribution in [3.05, 3.63) is 10.1 Å². The minimum absolute atomic E-state index is 0.339. The molecule has 7 heteroatoms. The molecule has 0 unspecified atom stereocenters. The molecule has 0 rings (SSSR count). The summed E-state index contributed by atoms with van der Waals surface area (Å²) in [7, 11) is 1.14. The van der Waals surface area contributed by atoms with Crippen molar-refractivity contribution in [2.24, 2.45) is 5.29 Å². The predicted molar refractivity (Wildman–Crippen MR) is 31.3 cm³/mol. The molecule has 0 amide bonds. The van der Waals surface area contributed by atoms with Gasteiger partial charge in [0.1, 0.15) is 6.54 Å². The van der Waals surface area contributed by atoms with Crippen molar-refractivity contribution in [3.63, 3.8) is 0 Å². The van der Waals surface area contributed by atoms with Crippen LogP contribution in [0.2, 0.25) is 0 Å². The second-order valence-electron chi connectivity index (χ2n) is 1.54. The van der Waals surface area contributed by atoms with Crippen LogP contribution in [0.15, 0.2) is 5.29 Å². The summed E-state index contributed by atoms with van der Waals surface area (Å²) < 4.78 is 0. The predicted octanol–water partition coefficient (Wildman–Crippen LogP) is -0.601. The second-order valence-corrected chi connectivity index (χ2v) is 1.54. The van der Waals surface area contributed by atoms with E-state index in [1.807, 2.05) is 5.29 Å². The van der Waals surface area contributed by atoms with Crippen LogP contribution in [0.1, 0.15) is 0 Å². The van der Waals surface area contributed by atoms with E-state index >= 15 is 0 Å². The van der Waals surface area contributed by atoms with Gasteiger partial charge in [-0.05, 0) is 0 Å². The van der Waals surface area contributed by atoms with Gasteiger partial charge >= 0.3 is 5.97 Å². The Bertz CT molecular complexity index is 138. The van der Waals surface area contributed by atoms with Gasteiger partial charge in [-0.15, -0.1) is 4.91 Å². The minimum atomic E-state index is -1.20. The number of nitroso groups, excluding NO2 is 1. The molecule has 1 N–H and O–H groups in total. The van der Waals surface area contributed by atoms with E-state index in [1.165, 1.54) is 0 Å². The lowest BCUT2D eigenvalue weighted by Crippen LogP contribution is -2.35. The van der Waals surface area contributed by atoms with Gasteiger partial charge in [0.25, 0.3) is 0 Å². The summed E-state index contributed by atoms with van der Waals surface area (Å²) in [5.41, 5.74) is 0. The van der Waals surface area contributed by atoms with Crippen molar-refractivity contribution >= 4 is 5.97 Å². The number of nitrogens with zero attached hydrogens (tertiary/aromatic N) is 3. The molecule has 58 valence electrons. The first kappa shape index (κ1) is 8.79. The average Bonchev–Trinajstić information content (AvgIpc) is 1.85. The number of carboxylic acid groups (broad SMARTS) is 1. The van der Waals surface area contributed by atoms with E-state index in [9.17, 15) is 14.9 Å². The van der Waals surface area contributed by atoms with Crippen LogP contribution in [-0.2, 0) is 4.79 Å². The van der Waals surface area contributed by atoms with E-state index in [0.29, 0.717) is 5.01 Å². The third kappa shape index (κ3) is 2.95. The van der Waals surface area contributed by atoms with Crippen molar-refractivity contribution in [1.29, 1.82) is 0 Å². The number of carbonyl (C=O) groups is 1. The van der Waals surface area contributed by atoms with Crippen LogP contribution in [0.25, 0.3) is 0 Å². The molecule has 0 spiro atoms. The molecule has 0 saturated heterocycles. The summed E-state index contributed by atoms with van der Waals surface area (Å²) in [5.74, 6) is -1.20. The lowest BCUT2D eigenvalue weighted by molar-refractivity contribution is -0.141. The fourth-order valence-corrected chi connectivity index (χ4v) is 0.319. The molecule has 0 saturated carbocycles. The fourth-order valence-electron chi connectivity index (χ4n) is 0.319. The van der Waals surface area contributed by atoms with E-state index in [1.54, 1.807) is 0 Å². The smallest absolute Gasteiger partial charge is 0.319 e. The quantitative estimate of drug-likeness (QED) is 0.422. The SMILES string of the molecule is CN(CC(=O)O)N([O-])N=O. The van der Waals surface area contributed by atoms with E-state index in [2.05, 4.69) is 0 Å². The van der Waals surface area contributed by atoms with Gasteiger partial charge in [0.2, 0.25) is 0 Å². The second kappa shape index (κ2) is 3.75. The van der Waals surface area contributed by atoms with Gasteiger partial charge in [-0.3, -0.25) is 10.1 Å². The molecular weight excluding hydrogens is 142 g/mol. The highest BCUT2D eigenvalue weighted by Gasteiger charge is 2.04. The Kier molecular flexibility index (Phi) is 3.29. The summed E-state index contributed by atoms with van der Waals surface area (Å²) in [4.78, 5) is 19.3. The molecular formula is C3H6N3O4-. The minimum Gasteiger partial charge on any atom is -0.724 e. The molecule has 0 radical (unpaired) electrons. The Labute approximate surface area is 56.3 Å². The fraction of sp³-hybridized carbons (Fsp3) is 0.667. The average molecular weight is 148 g/mol. The largest absolute Gasteiger partial charge is 0.724 e. The van der Waals surface area contributed by atoms with Crippen molar-refractivity contribution in [2.75, 3.05) is 13.6 Å². The first-order valence-electron chi connectivity index (χ1n) is 2.31. The van der Waals surface area contributed by atoms with Crippen LogP contribution in [0.4, 0.5) is 0 Å². The maximum absolute atomic E-state index is 10.1.